The molecule has 1 fully saturated rings. The van der Waals surface area contributed by atoms with Crippen molar-refractivity contribution < 1.29 is 9.53 Å². The highest BCUT2D eigenvalue weighted by molar-refractivity contribution is 9.10. The first-order valence-electron chi connectivity index (χ1n) is 5.33. The molecule has 1 aliphatic heterocycles. The van der Waals surface area contributed by atoms with Crippen LogP contribution in [0.1, 0.15) is 5.56 Å². The van der Waals surface area contributed by atoms with Crippen LogP contribution in [-0.2, 0) is 16.1 Å². The number of hydrogen-bond acceptors (Lipinski definition) is 3. The Morgan fingerprint density at radius 2 is 2.24 bits per heavy atom. The third-order valence-corrected chi connectivity index (χ3v) is 3.50. The Bertz CT molecular complexity index is 412. The van der Waals surface area contributed by atoms with Crippen molar-refractivity contribution in [2.45, 2.75) is 6.54 Å². The molecule has 1 aromatic rings. The summed E-state index contributed by atoms with van der Waals surface area (Å²) in [6, 6.07) is 5.84. The smallest absolute Gasteiger partial charge is 0.311 e. The average molecular weight is 319 g/mol. The van der Waals surface area contributed by atoms with E-state index in [1.54, 1.807) is 0 Å². The first-order chi connectivity index (χ1) is 8.08. The standard InChI is InChI=1S/C12H13BrClNO2/c1-17-12(16)9-6-15(7-9)5-8-2-10(13)4-11(14)3-8/h2-4,9H,5-7H2,1H3. The van der Waals surface area contributed by atoms with Crippen LogP contribution in [0.25, 0.3) is 0 Å². The molecule has 0 radical (unpaired) electrons. The van der Waals surface area contributed by atoms with Gasteiger partial charge in [0.2, 0.25) is 0 Å². The molecular formula is C12H13BrClNO2. The Kier molecular flexibility index (Phi) is 4.07. The molecule has 3 nitrogen and oxygen atoms in total. The van der Waals surface area contributed by atoms with Crippen LogP contribution in [0, 0.1) is 5.92 Å². The Labute approximate surface area is 114 Å². The van der Waals surface area contributed by atoms with Gasteiger partial charge in [0.1, 0.15) is 0 Å². The van der Waals surface area contributed by atoms with Gasteiger partial charge in [-0.2, -0.15) is 0 Å². The van der Waals surface area contributed by atoms with E-state index in [1.807, 2.05) is 18.2 Å². The van der Waals surface area contributed by atoms with E-state index in [0.29, 0.717) is 0 Å². The molecule has 1 heterocycles. The van der Waals surface area contributed by atoms with Crippen LogP contribution in [0.2, 0.25) is 5.02 Å². The van der Waals surface area contributed by atoms with E-state index >= 15 is 0 Å². The highest BCUT2D eigenvalue weighted by atomic mass is 79.9. The lowest BCUT2D eigenvalue weighted by atomic mass is 9.99. The van der Waals surface area contributed by atoms with Crippen LogP contribution in [0.15, 0.2) is 22.7 Å². The summed E-state index contributed by atoms with van der Waals surface area (Å²) in [5, 5.41) is 0.722. The van der Waals surface area contributed by atoms with Crippen molar-refractivity contribution in [2.24, 2.45) is 5.92 Å². The predicted molar refractivity (Wildman–Crippen MR) is 69.9 cm³/mol. The molecule has 0 unspecified atom stereocenters. The fourth-order valence-electron chi connectivity index (χ4n) is 1.98. The van der Waals surface area contributed by atoms with Gasteiger partial charge in [0.15, 0.2) is 0 Å². The van der Waals surface area contributed by atoms with Crippen molar-refractivity contribution in [3.05, 3.63) is 33.3 Å². The van der Waals surface area contributed by atoms with Crippen molar-refractivity contribution >= 4 is 33.5 Å². The van der Waals surface area contributed by atoms with E-state index < -0.39 is 0 Å². The topological polar surface area (TPSA) is 29.5 Å². The zero-order valence-corrected chi connectivity index (χ0v) is 11.8. The van der Waals surface area contributed by atoms with Gasteiger partial charge in [-0.25, -0.2) is 0 Å². The minimum atomic E-state index is -0.117. The van der Waals surface area contributed by atoms with Crippen LogP contribution in [0.3, 0.4) is 0 Å². The van der Waals surface area contributed by atoms with Gasteiger partial charge in [0, 0.05) is 29.1 Å². The molecule has 92 valence electrons. The molecule has 17 heavy (non-hydrogen) atoms. The second-order valence-corrected chi connectivity index (χ2v) is 5.54. The lowest BCUT2D eigenvalue weighted by Gasteiger charge is -2.37. The number of hydrogen-bond donors (Lipinski definition) is 0. The van der Waals surface area contributed by atoms with Crippen molar-refractivity contribution in [2.75, 3.05) is 20.2 Å². The first kappa shape index (κ1) is 12.9. The van der Waals surface area contributed by atoms with Gasteiger partial charge >= 0.3 is 5.97 Å². The van der Waals surface area contributed by atoms with Crippen LogP contribution in [-0.4, -0.2) is 31.1 Å². The summed E-state index contributed by atoms with van der Waals surface area (Å²) in [6.45, 7) is 2.33. The van der Waals surface area contributed by atoms with E-state index in [0.717, 1.165) is 34.7 Å². The van der Waals surface area contributed by atoms with Gasteiger partial charge in [0.25, 0.3) is 0 Å². The molecule has 0 aliphatic carbocycles. The third-order valence-electron chi connectivity index (χ3n) is 2.82. The van der Waals surface area contributed by atoms with Crippen LogP contribution < -0.4 is 0 Å². The van der Waals surface area contributed by atoms with Gasteiger partial charge in [-0.1, -0.05) is 27.5 Å². The lowest BCUT2D eigenvalue weighted by molar-refractivity contribution is -0.151. The van der Waals surface area contributed by atoms with E-state index in [9.17, 15) is 4.79 Å². The fraction of sp³-hybridized carbons (Fsp3) is 0.417. The SMILES string of the molecule is COC(=O)C1CN(Cc2cc(Cl)cc(Br)c2)C1. The Balaban J connectivity index is 1.89. The zero-order valence-electron chi connectivity index (χ0n) is 9.45. The molecule has 1 saturated heterocycles. The van der Waals surface area contributed by atoms with Crippen molar-refractivity contribution in [1.82, 2.24) is 4.90 Å². The molecule has 1 aliphatic rings. The monoisotopic (exact) mass is 317 g/mol. The first-order valence-corrected chi connectivity index (χ1v) is 6.50. The number of benzene rings is 1. The molecule has 0 aromatic heterocycles. The van der Waals surface area contributed by atoms with Gasteiger partial charge < -0.3 is 4.74 Å². The van der Waals surface area contributed by atoms with Crippen molar-refractivity contribution in [3.63, 3.8) is 0 Å². The van der Waals surface area contributed by atoms with Crippen molar-refractivity contribution in [1.29, 1.82) is 0 Å². The number of ether oxygens (including phenoxy) is 1. The molecule has 0 amide bonds. The Morgan fingerprint density at radius 1 is 1.53 bits per heavy atom. The summed E-state index contributed by atoms with van der Waals surface area (Å²) < 4.78 is 5.67. The number of likely N-dealkylation sites (tertiary alicyclic amines) is 1. The lowest BCUT2D eigenvalue weighted by Crippen LogP contribution is -2.49. The van der Waals surface area contributed by atoms with Crippen LogP contribution in [0.4, 0.5) is 0 Å². The summed E-state index contributed by atoms with van der Waals surface area (Å²) in [4.78, 5) is 13.4. The third kappa shape index (κ3) is 3.21. The molecule has 0 atom stereocenters. The highest BCUT2D eigenvalue weighted by Crippen LogP contribution is 2.24. The summed E-state index contributed by atoms with van der Waals surface area (Å²) in [6.07, 6.45) is 0. The van der Waals surface area contributed by atoms with E-state index in [1.165, 1.54) is 7.11 Å². The maximum atomic E-state index is 11.2. The van der Waals surface area contributed by atoms with Crippen molar-refractivity contribution in [3.8, 4) is 0 Å². The second-order valence-electron chi connectivity index (χ2n) is 4.19. The maximum Gasteiger partial charge on any atom is 0.311 e. The predicted octanol–water partition coefficient (Wildman–Crippen LogP) is 2.71. The normalized spacial score (nSPS) is 16.6. The summed E-state index contributed by atoms with van der Waals surface area (Å²) in [5.74, 6) is -0.0869. The number of nitrogens with zero attached hydrogens (tertiary/aromatic N) is 1. The minimum Gasteiger partial charge on any atom is -0.469 e. The molecule has 0 bridgehead atoms. The summed E-state index contributed by atoms with van der Waals surface area (Å²) in [5.41, 5.74) is 1.15. The van der Waals surface area contributed by atoms with Gasteiger partial charge in [-0.15, -0.1) is 0 Å². The molecular weight excluding hydrogens is 305 g/mol. The number of halogens is 2. The molecule has 0 saturated carbocycles. The van der Waals surface area contributed by atoms with Crippen LogP contribution in [0.5, 0.6) is 0 Å². The molecule has 0 spiro atoms. The van der Waals surface area contributed by atoms with E-state index in [-0.39, 0.29) is 11.9 Å². The van der Waals surface area contributed by atoms with Gasteiger partial charge in [-0.3, -0.25) is 9.69 Å². The maximum absolute atomic E-state index is 11.2. The number of carbonyl (C=O) groups excluding carboxylic acids is 1. The molecule has 2 rings (SSSR count). The molecule has 1 aromatic carbocycles. The summed E-state index contributed by atoms with van der Waals surface area (Å²) in [7, 11) is 1.43. The largest absolute Gasteiger partial charge is 0.469 e. The molecule has 0 N–H and O–H groups in total. The minimum absolute atomic E-state index is 0.0302. The fourth-order valence-corrected chi connectivity index (χ4v) is 2.91. The number of methoxy groups -OCH3 is 1. The van der Waals surface area contributed by atoms with Gasteiger partial charge in [0.05, 0.1) is 13.0 Å². The second kappa shape index (κ2) is 5.38. The van der Waals surface area contributed by atoms with E-state index in [4.69, 9.17) is 16.3 Å². The van der Waals surface area contributed by atoms with Gasteiger partial charge in [-0.05, 0) is 23.8 Å². The molecule has 5 heteroatoms. The van der Waals surface area contributed by atoms with E-state index in [2.05, 4.69) is 20.8 Å². The Morgan fingerprint density at radius 3 is 2.82 bits per heavy atom. The Hall–Kier alpha value is -0.580. The number of esters is 1. The number of carbonyl (C=O) groups is 1. The highest BCUT2D eigenvalue weighted by Gasteiger charge is 2.33. The average Bonchev–Trinajstić information content (AvgIpc) is 2.20. The number of rotatable bonds is 3. The van der Waals surface area contributed by atoms with Crippen LogP contribution >= 0.6 is 27.5 Å². The summed E-state index contributed by atoms with van der Waals surface area (Å²) >= 11 is 9.39. The quantitative estimate of drug-likeness (QED) is 0.803. The zero-order chi connectivity index (χ0) is 12.4.